The molecular formula is C15H23ClN2. The predicted molar refractivity (Wildman–Crippen MR) is 78.1 cm³/mol. The van der Waals surface area contributed by atoms with Crippen LogP contribution in [0.5, 0.6) is 0 Å². The van der Waals surface area contributed by atoms with E-state index in [0.717, 1.165) is 31.1 Å². The first-order chi connectivity index (χ1) is 8.56. The highest BCUT2D eigenvalue weighted by Crippen LogP contribution is 2.29. The molecule has 1 aromatic rings. The van der Waals surface area contributed by atoms with E-state index >= 15 is 0 Å². The summed E-state index contributed by atoms with van der Waals surface area (Å²) in [6.45, 7) is 10.0. The molecule has 1 saturated heterocycles. The van der Waals surface area contributed by atoms with E-state index in [-0.39, 0.29) is 5.54 Å². The lowest BCUT2D eigenvalue weighted by atomic mass is 9.94. The van der Waals surface area contributed by atoms with E-state index in [2.05, 4.69) is 43.1 Å². The van der Waals surface area contributed by atoms with E-state index in [0.29, 0.717) is 6.04 Å². The summed E-state index contributed by atoms with van der Waals surface area (Å²) >= 11 is 6.30. The van der Waals surface area contributed by atoms with Gasteiger partial charge in [0.15, 0.2) is 0 Å². The van der Waals surface area contributed by atoms with E-state index in [1.54, 1.807) is 0 Å². The number of benzene rings is 1. The molecule has 0 bridgehead atoms. The maximum Gasteiger partial charge on any atom is 0.0453 e. The van der Waals surface area contributed by atoms with Crippen LogP contribution < -0.4 is 5.32 Å². The Labute approximate surface area is 115 Å². The number of hydrogen-bond acceptors (Lipinski definition) is 2. The van der Waals surface area contributed by atoms with Crippen molar-refractivity contribution in [2.75, 3.05) is 19.6 Å². The van der Waals surface area contributed by atoms with Gasteiger partial charge < -0.3 is 5.32 Å². The molecule has 0 saturated carbocycles. The topological polar surface area (TPSA) is 15.3 Å². The molecule has 2 atom stereocenters. The van der Waals surface area contributed by atoms with Crippen LogP contribution >= 0.6 is 11.6 Å². The number of nitrogens with zero attached hydrogens (tertiary/aromatic N) is 1. The molecule has 0 amide bonds. The second kappa shape index (κ2) is 5.60. The largest absolute Gasteiger partial charge is 0.309 e. The van der Waals surface area contributed by atoms with Crippen molar-refractivity contribution in [3.05, 3.63) is 34.9 Å². The average Bonchev–Trinajstić information content (AvgIpc) is 2.39. The molecule has 0 aromatic heterocycles. The Morgan fingerprint density at radius 2 is 2.17 bits per heavy atom. The Kier molecular flexibility index (Phi) is 4.31. The second-order valence-corrected chi connectivity index (χ2v) is 5.92. The van der Waals surface area contributed by atoms with Gasteiger partial charge in [-0.1, -0.05) is 36.7 Å². The zero-order valence-corrected chi connectivity index (χ0v) is 12.3. The van der Waals surface area contributed by atoms with Crippen molar-refractivity contribution in [3.8, 4) is 0 Å². The van der Waals surface area contributed by atoms with Crippen LogP contribution in [0.25, 0.3) is 0 Å². The van der Waals surface area contributed by atoms with Crippen molar-refractivity contribution >= 4 is 11.6 Å². The normalized spacial score (nSPS) is 27.1. The van der Waals surface area contributed by atoms with Gasteiger partial charge in [0, 0.05) is 36.2 Å². The van der Waals surface area contributed by atoms with Crippen molar-refractivity contribution < 1.29 is 0 Å². The lowest BCUT2D eigenvalue weighted by molar-refractivity contribution is 0.105. The summed E-state index contributed by atoms with van der Waals surface area (Å²) < 4.78 is 0. The number of hydrogen-bond donors (Lipinski definition) is 1. The first kappa shape index (κ1) is 13.9. The molecule has 3 heteroatoms. The molecule has 0 radical (unpaired) electrons. The molecule has 1 aliphatic rings. The molecule has 1 fully saturated rings. The van der Waals surface area contributed by atoms with Crippen LogP contribution in [0.4, 0.5) is 0 Å². The molecule has 2 unspecified atom stereocenters. The zero-order valence-electron chi connectivity index (χ0n) is 11.5. The highest BCUT2D eigenvalue weighted by atomic mass is 35.5. The van der Waals surface area contributed by atoms with Gasteiger partial charge in [0.2, 0.25) is 0 Å². The molecule has 1 heterocycles. The van der Waals surface area contributed by atoms with E-state index < -0.39 is 0 Å². The number of rotatable bonds is 3. The molecular weight excluding hydrogens is 244 g/mol. The monoisotopic (exact) mass is 266 g/mol. The van der Waals surface area contributed by atoms with Gasteiger partial charge in [-0.05, 0) is 31.9 Å². The summed E-state index contributed by atoms with van der Waals surface area (Å²) in [5.74, 6) is 0. The first-order valence-electron chi connectivity index (χ1n) is 6.79. The van der Waals surface area contributed by atoms with E-state index in [9.17, 15) is 0 Å². The minimum atomic E-state index is 0.230. The van der Waals surface area contributed by atoms with Gasteiger partial charge >= 0.3 is 0 Å². The van der Waals surface area contributed by atoms with Gasteiger partial charge in [-0.15, -0.1) is 0 Å². The maximum absolute atomic E-state index is 6.30. The Morgan fingerprint density at radius 1 is 1.44 bits per heavy atom. The molecule has 100 valence electrons. The summed E-state index contributed by atoms with van der Waals surface area (Å²) in [4.78, 5) is 2.53. The van der Waals surface area contributed by atoms with Gasteiger partial charge in [-0.25, -0.2) is 0 Å². The molecule has 0 aliphatic carbocycles. The summed E-state index contributed by atoms with van der Waals surface area (Å²) in [6.07, 6.45) is 1.15. The van der Waals surface area contributed by atoms with Crippen molar-refractivity contribution in [1.29, 1.82) is 0 Å². The van der Waals surface area contributed by atoms with E-state index in [4.69, 9.17) is 11.6 Å². The van der Waals surface area contributed by atoms with Crippen LogP contribution in [0.1, 0.15) is 38.8 Å². The van der Waals surface area contributed by atoms with Crippen molar-refractivity contribution in [2.24, 2.45) is 0 Å². The molecule has 1 aromatic carbocycles. The SMILES string of the molecule is CCC1(C)CN(C(C)c2ccccc2Cl)CCN1. The fourth-order valence-corrected chi connectivity index (χ4v) is 2.96. The van der Waals surface area contributed by atoms with Gasteiger partial charge in [0.1, 0.15) is 0 Å². The van der Waals surface area contributed by atoms with Crippen molar-refractivity contribution in [1.82, 2.24) is 10.2 Å². The Morgan fingerprint density at radius 3 is 2.83 bits per heavy atom. The third kappa shape index (κ3) is 2.87. The van der Waals surface area contributed by atoms with Crippen LogP contribution in [-0.4, -0.2) is 30.1 Å². The van der Waals surface area contributed by atoms with Crippen LogP contribution in [0, 0.1) is 0 Å². The average molecular weight is 267 g/mol. The van der Waals surface area contributed by atoms with Crippen LogP contribution in [-0.2, 0) is 0 Å². The fraction of sp³-hybridized carbons (Fsp3) is 0.600. The Hall–Kier alpha value is -0.570. The highest BCUT2D eigenvalue weighted by molar-refractivity contribution is 6.31. The number of halogens is 1. The quantitative estimate of drug-likeness (QED) is 0.901. The lowest BCUT2D eigenvalue weighted by Gasteiger charge is -2.44. The van der Waals surface area contributed by atoms with Crippen LogP contribution in [0.3, 0.4) is 0 Å². The van der Waals surface area contributed by atoms with Crippen LogP contribution in [0.2, 0.25) is 5.02 Å². The summed E-state index contributed by atoms with van der Waals surface area (Å²) in [7, 11) is 0. The minimum Gasteiger partial charge on any atom is -0.309 e. The number of piperazine rings is 1. The highest BCUT2D eigenvalue weighted by Gasteiger charge is 2.31. The van der Waals surface area contributed by atoms with Gasteiger partial charge in [0.05, 0.1) is 0 Å². The van der Waals surface area contributed by atoms with Crippen molar-refractivity contribution in [2.45, 2.75) is 38.8 Å². The summed E-state index contributed by atoms with van der Waals surface area (Å²) in [6, 6.07) is 8.56. The Bertz CT molecular complexity index is 407. The minimum absolute atomic E-state index is 0.230. The van der Waals surface area contributed by atoms with Gasteiger partial charge in [0.25, 0.3) is 0 Å². The lowest BCUT2D eigenvalue weighted by Crippen LogP contribution is -2.58. The summed E-state index contributed by atoms with van der Waals surface area (Å²) in [5, 5.41) is 4.50. The predicted octanol–water partition coefficient (Wildman–Crippen LogP) is 3.47. The molecule has 1 aliphatic heterocycles. The standard InChI is InChI=1S/C15H23ClN2/c1-4-15(3)11-18(10-9-17-15)12(2)13-7-5-6-8-14(13)16/h5-8,12,17H,4,9-11H2,1-3H3. The van der Waals surface area contributed by atoms with Gasteiger partial charge in [-0.3, -0.25) is 4.90 Å². The van der Waals surface area contributed by atoms with Gasteiger partial charge in [-0.2, -0.15) is 0 Å². The van der Waals surface area contributed by atoms with Crippen LogP contribution in [0.15, 0.2) is 24.3 Å². The molecule has 18 heavy (non-hydrogen) atoms. The smallest absolute Gasteiger partial charge is 0.0453 e. The first-order valence-corrected chi connectivity index (χ1v) is 7.17. The maximum atomic E-state index is 6.30. The van der Waals surface area contributed by atoms with E-state index in [1.807, 2.05) is 12.1 Å². The molecule has 1 N–H and O–H groups in total. The fourth-order valence-electron chi connectivity index (χ4n) is 2.66. The molecule has 2 rings (SSSR count). The third-order valence-electron chi connectivity index (χ3n) is 4.19. The summed E-state index contributed by atoms with van der Waals surface area (Å²) in [5.41, 5.74) is 1.47. The van der Waals surface area contributed by atoms with E-state index in [1.165, 1.54) is 5.56 Å². The molecule has 2 nitrogen and oxygen atoms in total. The second-order valence-electron chi connectivity index (χ2n) is 5.51. The molecule has 0 spiro atoms. The van der Waals surface area contributed by atoms with Crippen molar-refractivity contribution in [3.63, 3.8) is 0 Å². The zero-order chi connectivity index (χ0) is 13.2. The number of nitrogens with one attached hydrogen (secondary N) is 1. The third-order valence-corrected chi connectivity index (χ3v) is 4.53. The Balaban J connectivity index is 2.14.